The lowest BCUT2D eigenvalue weighted by Crippen LogP contribution is -2.04. The molecule has 0 saturated heterocycles. The molecule has 1 aromatic carbocycles. The van der Waals surface area contributed by atoms with E-state index in [1.54, 1.807) is 0 Å². The van der Waals surface area contributed by atoms with Crippen LogP contribution in [-0.4, -0.2) is 6.29 Å². The van der Waals surface area contributed by atoms with Crippen molar-refractivity contribution in [3.63, 3.8) is 0 Å². The Morgan fingerprint density at radius 3 is 2.43 bits per heavy atom. The van der Waals surface area contributed by atoms with Gasteiger partial charge in [-0.1, -0.05) is 13.8 Å². The number of anilines is 1. The van der Waals surface area contributed by atoms with Crippen molar-refractivity contribution in [1.29, 1.82) is 0 Å². The molecule has 0 unspecified atom stereocenters. The molecule has 2 N–H and O–H groups in total. The molecular formula is C12H17NO. The summed E-state index contributed by atoms with van der Waals surface area (Å²) in [4.78, 5) is 10.8. The Hall–Kier alpha value is -1.31. The van der Waals surface area contributed by atoms with Crippen molar-refractivity contribution in [1.82, 2.24) is 0 Å². The van der Waals surface area contributed by atoms with Crippen molar-refractivity contribution in [2.24, 2.45) is 0 Å². The zero-order chi connectivity index (χ0) is 10.7. The molecule has 0 radical (unpaired) electrons. The molecule has 0 aliphatic carbocycles. The second kappa shape index (κ2) is 4.27. The molecule has 0 bridgehead atoms. The quantitative estimate of drug-likeness (QED) is 0.589. The smallest absolute Gasteiger partial charge is 0.152 e. The SMILES string of the molecule is CCc1cc(C=O)c(N)c(CC)c1C. The molecule has 0 spiro atoms. The fourth-order valence-corrected chi connectivity index (χ4v) is 1.86. The van der Waals surface area contributed by atoms with Crippen LogP contribution < -0.4 is 5.73 Å². The molecule has 0 amide bonds. The van der Waals surface area contributed by atoms with Crippen LogP contribution >= 0.6 is 0 Å². The van der Waals surface area contributed by atoms with E-state index in [4.69, 9.17) is 5.73 Å². The van der Waals surface area contributed by atoms with E-state index >= 15 is 0 Å². The third-order valence-electron chi connectivity index (χ3n) is 2.76. The normalized spacial score (nSPS) is 10.2. The second-order valence-corrected chi connectivity index (χ2v) is 3.47. The minimum atomic E-state index is 0.629. The van der Waals surface area contributed by atoms with Crippen LogP contribution in [0, 0.1) is 6.92 Å². The molecule has 0 aromatic heterocycles. The van der Waals surface area contributed by atoms with Crippen LogP contribution in [0.3, 0.4) is 0 Å². The zero-order valence-electron chi connectivity index (χ0n) is 9.05. The molecule has 0 saturated carbocycles. The van der Waals surface area contributed by atoms with Crippen LogP contribution in [0.4, 0.5) is 5.69 Å². The highest BCUT2D eigenvalue weighted by molar-refractivity contribution is 5.85. The van der Waals surface area contributed by atoms with Crippen LogP contribution in [0.5, 0.6) is 0 Å². The summed E-state index contributed by atoms with van der Waals surface area (Å²) in [6.07, 6.45) is 2.67. The number of nitrogen functional groups attached to an aromatic ring is 1. The fraction of sp³-hybridized carbons (Fsp3) is 0.417. The van der Waals surface area contributed by atoms with Crippen molar-refractivity contribution in [2.45, 2.75) is 33.6 Å². The summed E-state index contributed by atoms with van der Waals surface area (Å²) >= 11 is 0. The standard InChI is InChI=1S/C12H17NO/c1-4-9-6-10(7-14)12(13)11(5-2)8(9)3/h6-7H,4-5,13H2,1-3H3. The van der Waals surface area contributed by atoms with Crippen molar-refractivity contribution in [3.05, 3.63) is 28.3 Å². The maximum absolute atomic E-state index is 10.8. The molecule has 1 aromatic rings. The van der Waals surface area contributed by atoms with Gasteiger partial charge in [-0.2, -0.15) is 0 Å². The van der Waals surface area contributed by atoms with Gasteiger partial charge >= 0.3 is 0 Å². The van der Waals surface area contributed by atoms with Crippen LogP contribution in [0.25, 0.3) is 0 Å². The van der Waals surface area contributed by atoms with E-state index in [0.717, 1.165) is 24.7 Å². The van der Waals surface area contributed by atoms with Gasteiger partial charge in [0, 0.05) is 11.3 Å². The first-order chi connectivity index (χ1) is 6.65. The summed E-state index contributed by atoms with van der Waals surface area (Å²) < 4.78 is 0. The molecule has 0 aliphatic rings. The van der Waals surface area contributed by atoms with Gasteiger partial charge < -0.3 is 5.73 Å². The molecule has 0 aliphatic heterocycles. The third kappa shape index (κ3) is 1.65. The zero-order valence-corrected chi connectivity index (χ0v) is 9.05. The average molecular weight is 191 g/mol. The van der Waals surface area contributed by atoms with Gasteiger partial charge in [0.15, 0.2) is 6.29 Å². The first-order valence-corrected chi connectivity index (χ1v) is 5.01. The lowest BCUT2D eigenvalue weighted by Gasteiger charge is -2.13. The predicted octanol–water partition coefficient (Wildman–Crippen LogP) is 2.51. The topological polar surface area (TPSA) is 43.1 Å². The first-order valence-electron chi connectivity index (χ1n) is 5.01. The van der Waals surface area contributed by atoms with Gasteiger partial charge in [0.05, 0.1) is 0 Å². The largest absolute Gasteiger partial charge is 0.398 e. The summed E-state index contributed by atoms with van der Waals surface area (Å²) in [6, 6.07) is 1.90. The van der Waals surface area contributed by atoms with E-state index in [9.17, 15) is 4.79 Å². The number of carbonyl (C=O) groups is 1. The monoisotopic (exact) mass is 191 g/mol. The van der Waals surface area contributed by atoms with Crippen molar-refractivity contribution < 1.29 is 4.79 Å². The Morgan fingerprint density at radius 2 is 2.00 bits per heavy atom. The van der Waals surface area contributed by atoms with Gasteiger partial charge in [-0.25, -0.2) is 0 Å². The summed E-state index contributed by atoms with van der Waals surface area (Å²) in [7, 11) is 0. The Labute approximate surface area is 85.1 Å². The predicted molar refractivity (Wildman–Crippen MR) is 59.7 cm³/mol. The highest BCUT2D eigenvalue weighted by Crippen LogP contribution is 2.25. The van der Waals surface area contributed by atoms with Crippen LogP contribution in [0.1, 0.15) is 40.9 Å². The van der Waals surface area contributed by atoms with Crippen LogP contribution in [0.15, 0.2) is 6.07 Å². The van der Waals surface area contributed by atoms with E-state index in [0.29, 0.717) is 11.3 Å². The summed E-state index contributed by atoms with van der Waals surface area (Å²) in [5.41, 5.74) is 10.7. The van der Waals surface area contributed by atoms with Crippen LogP contribution in [-0.2, 0) is 12.8 Å². The van der Waals surface area contributed by atoms with Crippen molar-refractivity contribution >= 4 is 12.0 Å². The number of benzene rings is 1. The summed E-state index contributed by atoms with van der Waals surface area (Å²) in [6.45, 7) is 6.22. The van der Waals surface area contributed by atoms with Gasteiger partial charge in [-0.05, 0) is 42.5 Å². The number of carbonyl (C=O) groups excluding carboxylic acids is 1. The molecule has 1 rings (SSSR count). The molecule has 0 atom stereocenters. The first kappa shape index (κ1) is 10.8. The molecule has 76 valence electrons. The maximum Gasteiger partial charge on any atom is 0.152 e. The number of aldehydes is 1. The van der Waals surface area contributed by atoms with E-state index in [1.807, 2.05) is 6.07 Å². The molecule has 0 fully saturated rings. The maximum atomic E-state index is 10.8. The Morgan fingerprint density at radius 1 is 1.36 bits per heavy atom. The highest BCUT2D eigenvalue weighted by atomic mass is 16.1. The lowest BCUT2D eigenvalue weighted by atomic mass is 9.94. The summed E-state index contributed by atoms with van der Waals surface area (Å²) in [5.74, 6) is 0. The van der Waals surface area contributed by atoms with E-state index < -0.39 is 0 Å². The minimum Gasteiger partial charge on any atom is -0.398 e. The van der Waals surface area contributed by atoms with E-state index in [2.05, 4.69) is 20.8 Å². The van der Waals surface area contributed by atoms with E-state index in [-0.39, 0.29) is 0 Å². The van der Waals surface area contributed by atoms with Crippen LogP contribution in [0.2, 0.25) is 0 Å². The van der Waals surface area contributed by atoms with E-state index in [1.165, 1.54) is 11.1 Å². The fourth-order valence-electron chi connectivity index (χ4n) is 1.86. The molecule has 2 heteroatoms. The second-order valence-electron chi connectivity index (χ2n) is 3.47. The number of nitrogens with two attached hydrogens (primary N) is 1. The Kier molecular flexibility index (Phi) is 3.28. The number of hydrogen-bond acceptors (Lipinski definition) is 2. The minimum absolute atomic E-state index is 0.629. The molecular weight excluding hydrogens is 174 g/mol. The van der Waals surface area contributed by atoms with Gasteiger partial charge in [0.25, 0.3) is 0 Å². The average Bonchev–Trinajstić information content (AvgIpc) is 2.19. The Balaban J connectivity index is 3.46. The molecule has 14 heavy (non-hydrogen) atoms. The summed E-state index contributed by atoms with van der Waals surface area (Å²) in [5, 5.41) is 0. The van der Waals surface area contributed by atoms with Crippen molar-refractivity contribution in [3.8, 4) is 0 Å². The lowest BCUT2D eigenvalue weighted by molar-refractivity contribution is 0.112. The molecule has 0 heterocycles. The molecule has 2 nitrogen and oxygen atoms in total. The number of hydrogen-bond donors (Lipinski definition) is 1. The number of rotatable bonds is 3. The third-order valence-corrected chi connectivity index (χ3v) is 2.76. The van der Waals surface area contributed by atoms with Gasteiger partial charge in [0.1, 0.15) is 0 Å². The van der Waals surface area contributed by atoms with Gasteiger partial charge in [-0.15, -0.1) is 0 Å². The highest BCUT2D eigenvalue weighted by Gasteiger charge is 2.10. The van der Waals surface area contributed by atoms with Gasteiger partial charge in [-0.3, -0.25) is 4.79 Å². The Bertz CT molecular complexity index is 356. The number of aryl methyl sites for hydroxylation is 1. The van der Waals surface area contributed by atoms with Crippen molar-refractivity contribution in [2.75, 3.05) is 5.73 Å². The van der Waals surface area contributed by atoms with Gasteiger partial charge in [0.2, 0.25) is 0 Å².